The van der Waals surface area contributed by atoms with Gasteiger partial charge in [0.15, 0.2) is 0 Å². The lowest BCUT2D eigenvalue weighted by Gasteiger charge is -2.18. The summed E-state index contributed by atoms with van der Waals surface area (Å²) >= 11 is 0. The van der Waals surface area contributed by atoms with E-state index >= 15 is 0 Å². The van der Waals surface area contributed by atoms with E-state index in [1.165, 1.54) is 65.7 Å². The molecule has 204 valence electrons. The maximum absolute atomic E-state index is 9.17. The number of rotatable bonds is 4. The molecule has 8 aromatic carbocycles. The van der Waals surface area contributed by atoms with Crippen molar-refractivity contribution in [3.05, 3.63) is 169 Å². The van der Waals surface area contributed by atoms with Crippen molar-refractivity contribution in [3.8, 4) is 50.6 Å². The van der Waals surface area contributed by atoms with Gasteiger partial charge in [0, 0.05) is 0 Å². The van der Waals surface area contributed by atoms with Crippen LogP contribution in [-0.2, 0) is 0 Å². The number of hydrogen-bond acceptors (Lipinski definition) is 1. The van der Waals surface area contributed by atoms with E-state index in [9.17, 15) is 5.26 Å². The summed E-state index contributed by atoms with van der Waals surface area (Å²) in [5.74, 6) is 0. The average Bonchev–Trinajstić information content (AvgIpc) is 3.10. The largest absolute Gasteiger partial charge is 0.192 e. The van der Waals surface area contributed by atoms with Gasteiger partial charge in [-0.05, 0) is 89.0 Å². The third-order valence-corrected chi connectivity index (χ3v) is 8.73. The summed E-state index contributed by atoms with van der Waals surface area (Å²) in [5.41, 5.74) is 10.3. The molecule has 0 heterocycles. The molecule has 0 unspecified atom stereocenters. The van der Waals surface area contributed by atoms with Gasteiger partial charge in [-0.1, -0.05) is 152 Å². The topological polar surface area (TPSA) is 23.8 Å². The van der Waals surface area contributed by atoms with Crippen LogP contribution in [0.5, 0.6) is 0 Å². The summed E-state index contributed by atoms with van der Waals surface area (Å²) in [5, 5.41) is 16.7. The minimum absolute atomic E-state index is 0.673. The molecule has 1 nitrogen and oxygen atoms in total. The third-order valence-electron chi connectivity index (χ3n) is 8.73. The minimum atomic E-state index is 0.673. The van der Waals surface area contributed by atoms with Crippen molar-refractivity contribution in [1.82, 2.24) is 0 Å². The first-order chi connectivity index (χ1) is 21.8. The Bertz CT molecular complexity index is 2290. The van der Waals surface area contributed by atoms with E-state index in [4.69, 9.17) is 0 Å². The lowest BCUT2D eigenvalue weighted by Crippen LogP contribution is -1.91. The molecule has 0 aliphatic rings. The number of nitrogens with zero attached hydrogens (tertiary/aromatic N) is 1. The fourth-order valence-electron chi connectivity index (χ4n) is 6.61. The summed E-state index contributed by atoms with van der Waals surface area (Å²) in [6, 6.07) is 60.5. The molecule has 8 rings (SSSR count). The fourth-order valence-corrected chi connectivity index (χ4v) is 6.61. The van der Waals surface area contributed by atoms with Gasteiger partial charge in [0.1, 0.15) is 0 Å². The van der Waals surface area contributed by atoms with E-state index in [1.807, 2.05) is 24.3 Å². The molecule has 0 atom stereocenters. The third kappa shape index (κ3) is 4.33. The molecule has 1 heteroatoms. The van der Waals surface area contributed by atoms with Crippen molar-refractivity contribution in [2.24, 2.45) is 0 Å². The van der Waals surface area contributed by atoms with Crippen molar-refractivity contribution >= 4 is 32.3 Å². The van der Waals surface area contributed by atoms with Crippen molar-refractivity contribution in [2.45, 2.75) is 0 Å². The van der Waals surface area contributed by atoms with Gasteiger partial charge in [-0.3, -0.25) is 0 Å². The van der Waals surface area contributed by atoms with Crippen LogP contribution < -0.4 is 0 Å². The molecule has 44 heavy (non-hydrogen) atoms. The van der Waals surface area contributed by atoms with Gasteiger partial charge in [-0.25, -0.2) is 0 Å². The van der Waals surface area contributed by atoms with Crippen LogP contribution in [0.15, 0.2) is 164 Å². The Hall–Kier alpha value is -5.97. The van der Waals surface area contributed by atoms with Gasteiger partial charge >= 0.3 is 0 Å². The van der Waals surface area contributed by atoms with Crippen LogP contribution in [0.4, 0.5) is 0 Å². The molecule has 0 aliphatic heterocycles. The molecule has 0 saturated heterocycles. The highest BCUT2D eigenvalue weighted by Gasteiger charge is 2.17. The first-order valence-electron chi connectivity index (χ1n) is 14.9. The zero-order valence-electron chi connectivity index (χ0n) is 24.0. The SMILES string of the molecule is N#Cc1ccc(-c2ccc(-c3c4ccccc4c(-c4ccc(-c5cccc6ccccc56)cc4)c4ccccc34)cc2)cc1. The van der Waals surface area contributed by atoms with E-state index in [0.717, 1.165) is 11.1 Å². The Labute approximate surface area is 256 Å². The molecule has 0 saturated carbocycles. The minimum Gasteiger partial charge on any atom is -0.192 e. The Balaban J connectivity index is 1.27. The second-order valence-electron chi connectivity index (χ2n) is 11.2. The Kier molecular flexibility index (Phi) is 6.25. The van der Waals surface area contributed by atoms with Crippen LogP contribution in [0.3, 0.4) is 0 Å². The molecule has 0 amide bonds. The number of hydrogen-bond donors (Lipinski definition) is 0. The van der Waals surface area contributed by atoms with Gasteiger partial charge in [0.05, 0.1) is 11.6 Å². The van der Waals surface area contributed by atoms with Crippen LogP contribution >= 0.6 is 0 Å². The summed E-state index contributed by atoms with van der Waals surface area (Å²) in [6.45, 7) is 0. The summed E-state index contributed by atoms with van der Waals surface area (Å²) in [7, 11) is 0. The van der Waals surface area contributed by atoms with Crippen molar-refractivity contribution < 1.29 is 0 Å². The maximum Gasteiger partial charge on any atom is 0.0991 e. The molecule has 0 spiro atoms. The molecular formula is C43H27N. The molecule has 0 radical (unpaired) electrons. The number of benzene rings is 8. The molecule has 8 aromatic rings. The monoisotopic (exact) mass is 557 g/mol. The zero-order chi connectivity index (χ0) is 29.5. The van der Waals surface area contributed by atoms with Crippen molar-refractivity contribution in [1.29, 1.82) is 5.26 Å². The lowest BCUT2D eigenvalue weighted by atomic mass is 9.85. The molecule has 0 fully saturated rings. The Morgan fingerprint density at radius 2 is 0.705 bits per heavy atom. The Morgan fingerprint density at radius 1 is 0.318 bits per heavy atom. The Morgan fingerprint density at radius 3 is 1.20 bits per heavy atom. The summed E-state index contributed by atoms with van der Waals surface area (Å²) in [4.78, 5) is 0. The van der Waals surface area contributed by atoms with E-state index in [1.54, 1.807) is 0 Å². The van der Waals surface area contributed by atoms with Gasteiger partial charge in [-0.15, -0.1) is 0 Å². The van der Waals surface area contributed by atoms with E-state index in [2.05, 4.69) is 146 Å². The van der Waals surface area contributed by atoms with Gasteiger partial charge in [-0.2, -0.15) is 5.26 Å². The van der Waals surface area contributed by atoms with Crippen molar-refractivity contribution in [3.63, 3.8) is 0 Å². The van der Waals surface area contributed by atoms with Crippen molar-refractivity contribution in [2.75, 3.05) is 0 Å². The fraction of sp³-hybridized carbons (Fsp3) is 0. The smallest absolute Gasteiger partial charge is 0.0991 e. The van der Waals surface area contributed by atoms with Gasteiger partial charge in [0.2, 0.25) is 0 Å². The average molecular weight is 558 g/mol. The molecule has 0 aliphatic carbocycles. The summed E-state index contributed by atoms with van der Waals surface area (Å²) in [6.07, 6.45) is 0. The second-order valence-corrected chi connectivity index (χ2v) is 11.2. The standard InChI is InChI=1S/C43H27N/c44-28-29-16-18-30(19-17-29)31-20-24-34(25-21-31)42-38-11-3-5-13-40(38)43(41-14-6-4-12-39(41)42)35-26-22-33(23-27-35)37-15-7-9-32-8-1-2-10-36(32)37/h1-27H. The molecule has 0 N–H and O–H groups in total. The predicted molar refractivity (Wildman–Crippen MR) is 185 cm³/mol. The van der Waals surface area contributed by atoms with E-state index in [-0.39, 0.29) is 0 Å². The van der Waals surface area contributed by atoms with Crippen LogP contribution in [-0.4, -0.2) is 0 Å². The first-order valence-corrected chi connectivity index (χ1v) is 14.9. The highest BCUT2D eigenvalue weighted by molar-refractivity contribution is 6.21. The van der Waals surface area contributed by atoms with Crippen LogP contribution in [0.2, 0.25) is 0 Å². The summed E-state index contributed by atoms with van der Waals surface area (Å²) < 4.78 is 0. The maximum atomic E-state index is 9.17. The zero-order valence-corrected chi connectivity index (χ0v) is 24.0. The highest BCUT2D eigenvalue weighted by atomic mass is 14.2. The normalized spacial score (nSPS) is 11.2. The number of nitriles is 1. The second kappa shape index (κ2) is 10.7. The predicted octanol–water partition coefficient (Wildman–Crippen LogP) is 11.7. The quantitative estimate of drug-likeness (QED) is 0.197. The van der Waals surface area contributed by atoms with Gasteiger partial charge in [0.25, 0.3) is 0 Å². The molecule has 0 bridgehead atoms. The van der Waals surface area contributed by atoms with Crippen LogP contribution in [0.1, 0.15) is 5.56 Å². The van der Waals surface area contributed by atoms with Crippen LogP contribution in [0, 0.1) is 11.3 Å². The number of fused-ring (bicyclic) bond motifs is 3. The highest BCUT2D eigenvalue weighted by Crippen LogP contribution is 2.44. The molecule has 0 aromatic heterocycles. The van der Waals surface area contributed by atoms with E-state index < -0.39 is 0 Å². The van der Waals surface area contributed by atoms with Gasteiger partial charge < -0.3 is 0 Å². The molecular weight excluding hydrogens is 530 g/mol. The van der Waals surface area contributed by atoms with E-state index in [0.29, 0.717) is 5.56 Å². The first kappa shape index (κ1) is 25.7. The lowest BCUT2D eigenvalue weighted by molar-refractivity contribution is 1.48. The van der Waals surface area contributed by atoms with Crippen LogP contribution in [0.25, 0.3) is 76.8 Å².